The molecule has 0 saturated carbocycles. The summed E-state index contributed by atoms with van der Waals surface area (Å²) in [6.45, 7) is 7.61. The highest BCUT2D eigenvalue weighted by Gasteiger charge is 2.17. The van der Waals surface area contributed by atoms with Crippen LogP contribution in [0.3, 0.4) is 0 Å². The quantitative estimate of drug-likeness (QED) is 0.720. The van der Waals surface area contributed by atoms with Gasteiger partial charge in [-0.1, -0.05) is 36.3 Å². The van der Waals surface area contributed by atoms with Gasteiger partial charge in [-0.05, 0) is 44.7 Å². The van der Waals surface area contributed by atoms with Crippen LogP contribution in [0.1, 0.15) is 48.0 Å². The normalized spacial score (nSPS) is 13.3. The lowest BCUT2D eigenvalue weighted by molar-refractivity contribution is 0.214. The zero-order valence-electron chi connectivity index (χ0n) is 15.3. The van der Waals surface area contributed by atoms with Crippen LogP contribution in [0.4, 0.5) is 4.79 Å². The SMILES string of the molecule is CCc1ccc(C(CO)NC(=O)NC(C)Cc2c(C)noc2C)cc1. The van der Waals surface area contributed by atoms with Crippen molar-refractivity contribution in [2.75, 3.05) is 6.61 Å². The molecule has 0 bridgehead atoms. The molecule has 2 rings (SSSR count). The average molecular weight is 345 g/mol. The molecule has 25 heavy (non-hydrogen) atoms. The largest absolute Gasteiger partial charge is 0.394 e. The summed E-state index contributed by atoms with van der Waals surface area (Å²) in [5.41, 5.74) is 3.96. The Kier molecular flexibility index (Phi) is 6.58. The molecule has 0 aliphatic carbocycles. The number of hydrogen-bond donors (Lipinski definition) is 3. The van der Waals surface area contributed by atoms with Crippen molar-refractivity contribution in [3.05, 3.63) is 52.4 Å². The van der Waals surface area contributed by atoms with E-state index >= 15 is 0 Å². The fourth-order valence-corrected chi connectivity index (χ4v) is 2.79. The summed E-state index contributed by atoms with van der Waals surface area (Å²) in [4.78, 5) is 12.2. The minimum absolute atomic E-state index is 0.0846. The van der Waals surface area contributed by atoms with Crippen molar-refractivity contribution in [2.24, 2.45) is 0 Å². The van der Waals surface area contributed by atoms with Crippen LogP contribution in [-0.4, -0.2) is 28.9 Å². The van der Waals surface area contributed by atoms with Gasteiger partial charge < -0.3 is 20.3 Å². The van der Waals surface area contributed by atoms with E-state index in [1.807, 2.05) is 45.0 Å². The lowest BCUT2D eigenvalue weighted by Gasteiger charge is -2.20. The number of hydrogen-bond acceptors (Lipinski definition) is 4. The second kappa shape index (κ2) is 8.67. The van der Waals surface area contributed by atoms with Crippen LogP contribution < -0.4 is 10.6 Å². The first kappa shape index (κ1) is 19.0. The fraction of sp³-hybridized carbons (Fsp3) is 0.474. The molecule has 2 aromatic rings. The molecule has 1 aromatic carbocycles. The van der Waals surface area contributed by atoms with Crippen LogP contribution in [0.5, 0.6) is 0 Å². The highest BCUT2D eigenvalue weighted by atomic mass is 16.5. The summed E-state index contributed by atoms with van der Waals surface area (Å²) in [5.74, 6) is 0.774. The van der Waals surface area contributed by atoms with Crippen molar-refractivity contribution in [1.82, 2.24) is 15.8 Å². The number of amides is 2. The van der Waals surface area contributed by atoms with Crippen molar-refractivity contribution in [3.63, 3.8) is 0 Å². The number of aliphatic hydroxyl groups is 1. The number of aryl methyl sites for hydroxylation is 3. The Balaban J connectivity index is 1.92. The Bertz CT molecular complexity index is 675. The van der Waals surface area contributed by atoms with Gasteiger partial charge in [0, 0.05) is 11.6 Å². The Hall–Kier alpha value is -2.34. The Morgan fingerprint density at radius 3 is 2.44 bits per heavy atom. The van der Waals surface area contributed by atoms with Gasteiger partial charge in [0.1, 0.15) is 5.76 Å². The van der Waals surface area contributed by atoms with E-state index in [9.17, 15) is 9.90 Å². The predicted octanol–water partition coefficient (Wildman–Crippen LogP) is 2.82. The highest BCUT2D eigenvalue weighted by Crippen LogP contribution is 2.15. The third-order valence-electron chi connectivity index (χ3n) is 4.35. The molecule has 136 valence electrons. The lowest BCUT2D eigenvalue weighted by atomic mass is 10.0. The average Bonchev–Trinajstić information content (AvgIpc) is 2.91. The van der Waals surface area contributed by atoms with Gasteiger partial charge in [-0.3, -0.25) is 0 Å². The summed E-state index contributed by atoms with van der Waals surface area (Å²) in [6.07, 6.45) is 1.60. The topological polar surface area (TPSA) is 87.4 Å². The fourth-order valence-electron chi connectivity index (χ4n) is 2.79. The van der Waals surface area contributed by atoms with E-state index in [-0.39, 0.29) is 18.7 Å². The lowest BCUT2D eigenvalue weighted by Crippen LogP contribution is -2.44. The summed E-state index contributed by atoms with van der Waals surface area (Å²) < 4.78 is 5.15. The second-order valence-corrected chi connectivity index (χ2v) is 6.36. The van der Waals surface area contributed by atoms with Gasteiger partial charge in [0.25, 0.3) is 0 Å². The van der Waals surface area contributed by atoms with Gasteiger partial charge in [-0.15, -0.1) is 0 Å². The van der Waals surface area contributed by atoms with Crippen LogP contribution in [0.2, 0.25) is 0 Å². The summed E-state index contributed by atoms with van der Waals surface area (Å²) >= 11 is 0. The number of carbonyl (C=O) groups is 1. The van der Waals surface area contributed by atoms with E-state index in [0.29, 0.717) is 6.42 Å². The highest BCUT2D eigenvalue weighted by molar-refractivity contribution is 5.74. The first-order chi connectivity index (χ1) is 11.9. The summed E-state index contributed by atoms with van der Waals surface area (Å²) in [7, 11) is 0. The molecule has 1 heterocycles. The van der Waals surface area contributed by atoms with Crippen LogP contribution in [-0.2, 0) is 12.8 Å². The third-order valence-corrected chi connectivity index (χ3v) is 4.35. The molecule has 0 aliphatic rings. The smallest absolute Gasteiger partial charge is 0.315 e. The van der Waals surface area contributed by atoms with E-state index < -0.39 is 6.04 Å². The predicted molar refractivity (Wildman–Crippen MR) is 96.5 cm³/mol. The number of aromatic nitrogens is 1. The Labute approximate surface area is 148 Å². The van der Waals surface area contributed by atoms with Crippen molar-refractivity contribution in [1.29, 1.82) is 0 Å². The molecule has 2 unspecified atom stereocenters. The minimum atomic E-state index is -0.433. The maximum absolute atomic E-state index is 12.2. The zero-order valence-corrected chi connectivity index (χ0v) is 15.3. The number of benzene rings is 1. The molecule has 0 fully saturated rings. The van der Waals surface area contributed by atoms with E-state index in [4.69, 9.17) is 4.52 Å². The molecular formula is C19H27N3O3. The van der Waals surface area contributed by atoms with Gasteiger partial charge in [-0.2, -0.15) is 0 Å². The van der Waals surface area contributed by atoms with E-state index in [0.717, 1.165) is 29.0 Å². The number of nitrogens with one attached hydrogen (secondary N) is 2. The molecule has 3 N–H and O–H groups in total. The molecule has 6 heteroatoms. The van der Waals surface area contributed by atoms with Crippen molar-refractivity contribution < 1.29 is 14.4 Å². The first-order valence-corrected chi connectivity index (χ1v) is 8.63. The minimum Gasteiger partial charge on any atom is -0.394 e. The number of aliphatic hydroxyl groups excluding tert-OH is 1. The number of nitrogens with zero attached hydrogens (tertiary/aromatic N) is 1. The standard InChI is InChI=1S/C19H27N3O3/c1-5-15-6-8-16(9-7-15)18(11-23)21-19(24)20-12(2)10-17-13(3)22-25-14(17)4/h6-9,12,18,23H,5,10-11H2,1-4H3,(H2,20,21,24). The Morgan fingerprint density at radius 1 is 1.24 bits per heavy atom. The molecule has 1 aromatic heterocycles. The van der Waals surface area contributed by atoms with Crippen LogP contribution in [0.25, 0.3) is 0 Å². The summed E-state index contributed by atoms with van der Waals surface area (Å²) in [5, 5.41) is 19.3. The first-order valence-electron chi connectivity index (χ1n) is 8.63. The monoisotopic (exact) mass is 345 g/mol. The molecule has 0 aliphatic heterocycles. The molecule has 0 radical (unpaired) electrons. The molecule has 2 amide bonds. The maximum atomic E-state index is 12.2. The van der Waals surface area contributed by atoms with E-state index in [2.05, 4.69) is 22.7 Å². The molecule has 2 atom stereocenters. The van der Waals surface area contributed by atoms with Gasteiger partial charge in [0.15, 0.2) is 0 Å². The second-order valence-electron chi connectivity index (χ2n) is 6.36. The number of urea groups is 1. The molecule has 6 nitrogen and oxygen atoms in total. The van der Waals surface area contributed by atoms with Crippen molar-refractivity contribution in [2.45, 2.75) is 52.6 Å². The van der Waals surface area contributed by atoms with Gasteiger partial charge in [0.2, 0.25) is 0 Å². The van der Waals surface area contributed by atoms with E-state index in [1.54, 1.807) is 0 Å². The number of carbonyl (C=O) groups excluding carboxylic acids is 1. The van der Waals surface area contributed by atoms with Crippen molar-refractivity contribution >= 4 is 6.03 Å². The summed E-state index contributed by atoms with van der Waals surface area (Å²) in [6, 6.07) is 7.07. The van der Waals surface area contributed by atoms with E-state index in [1.165, 1.54) is 5.56 Å². The van der Waals surface area contributed by atoms with Crippen LogP contribution in [0, 0.1) is 13.8 Å². The van der Waals surface area contributed by atoms with Gasteiger partial charge in [0.05, 0.1) is 18.3 Å². The molecule has 0 spiro atoms. The van der Waals surface area contributed by atoms with Crippen LogP contribution >= 0.6 is 0 Å². The molecule has 0 saturated heterocycles. The van der Waals surface area contributed by atoms with Gasteiger partial charge >= 0.3 is 6.03 Å². The van der Waals surface area contributed by atoms with Crippen LogP contribution in [0.15, 0.2) is 28.8 Å². The van der Waals surface area contributed by atoms with Crippen molar-refractivity contribution in [3.8, 4) is 0 Å². The number of rotatable bonds is 7. The maximum Gasteiger partial charge on any atom is 0.315 e. The zero-order chi connectivity index (χ0) is 18.4. The third kappa shape index (κ3) is 5.06. The molecular weight excluding hydrogens is 318 g/mol. The Morgan fingerprint density at radius 2 is 1.92 bits per heavy atom. The van der Waals surface area contributed by atoms with Gasteiger partial charge in [-0.25, -0.2) is 4.79 Å².